The number of nitrogens with zero attached hydrogens (tertiary/aromatic N) is 4. The highest BCUT2D eigenvalue weighted by Gasteiger charge is 2.55. The van der Waals surface area contributed by atoms with Crippen LogP contribution in [0.3, 0.4) is 0 Å². The number of carbonyl (C=O) groups is 2. The van der Waals surface area contributed by atoms with Gasteiger partial charge in [0.25, 0.3) is 11.8 Å². The summed E-state index contributed by atoms with van der Waals surface area (Å²) in [4.78, 5) is 27.0. The Morgan fingerprint density at radius 3 is 2.50 bits per heavy atom. The Balaban J connectivity index is 1.74. The molecule has 2 aromatic carbocycles. The molecule has 1 saturated heterocycles. The maximum Gasteiger partial charge on any atom is 0.263 e. The summed E-state index contributed by atoms with van der Waals surface area (Å²) in [7, 11) is 0. The van der Waals surface area contributed by atoms with Crippen LogP contribution in [0, 0.1) is 20.8 Å². The van der Waals surface area contributed by atoms with Crippen LogP contribution in [-0.4, -0.2) is 23.9 Å². The first-order valence-electron chi connectivity index (χ1n) is 8.30. The van der Waals surface area contributed by atoms with Crippen LogP contribution in [-0.2, 0) is 9.59 Å². The van der Waals surface area contributed by atoms with Crippen molar-refractivity contribution in [3.8, 4) is 0 Å². The summed E-state index contributed by atoms with van der Waals surface area (Å²) in [5.41, 5.74) is 4.21. The zero-order chi connectivity index (χ0) is 18.6. The van der Waals surface area contributed by atoms with E-state index in [4.69, 9.17) is 11.6 Å². The fourth-order valence-corrected chi connectivity index (χ4v) is 3.49. The number of rotatable bonds is 2. The molecule has 0 saturated carbocycles. The van der Waals surface area contributed by atoms with Crippen molar-refractivity contribution in [3.05, 3.63) is 58.1 Å². The number of fused-ring (bicyclic) bond motifs is 1. The third kappa shape index (κ3) is 2.33. The molecule has 0 spiro atoms. The Morgan fingerprint density at radius 2 is 1.77 bits per heavy atom. The van der Waals surface area contributed by atoms with Gasteiger partial charge in [-0.25, -0.2) is 9.91 Å². The van der Waals surface area contributed by atoms with Crippen molar-refractivity contribution in [1.82, 2.24) is 0 Å². The van der Waals surface area contributed by atoms with E-state index in [1.54, 1.807) is 23.2 Å². The summed E-state index contributed by atoms with van der Waals surface area (Å²) in [5, 5.41) is 10.3. The van der Waals surface area contributed by atoms with Crippen molar-refractivity contribution in [2.45, 2.75) is 32.9 Å². The van der Waals surface area contributed by atoms with Crippen molar-refractivity contribution < 1.29 is 9.59 Å². The quantitative estimate of drug-likeness (QED) is 0.758. The second kappa shape index (κ2) is 5.92. The van der Waals surface area contributed by atoms with Gasteiger partial charge in [0, 0.05) is 5.02 Å². The fraction of sp³-hybridized carbons (Fsp3) is 0.263. The molecule has 2 aliphatic rings. The lowest BCUT2D eigenvalue weighted by molar-refractivity contribution is -0.121. The minimum absolute atomic E-state index is 0.342. The molecule has 0 aromatic heterocycles. The molecule has 2 amide bonds. The first kappa shape index (κ1) is 16.7. The number of imide groups is 1. The van der Waals surface area contributed by atoms with Crippen LogP contribution in [0.2, 0.25) is 5.02 Å². The summed E-state index contributed by atoms with van der Waals surface area (Å²) in [6.07, 6.45) is 0. The SMILES string of the molecule is Cc1ccc(N2C(=O)[C@@H]3N=NN(c4cccc(C)c4C)[C@H]3C2=O)cc1Cl. The van der Waals surface area contributed by atoms with Crippen molar-refractivity contribution >= 4 is 34.8 Å². The lowest BCUT2D eigenvalue weighted by Gasteiger charge is -2.23. The molecule has 7 heteroatoms. The smallest absolute Gasteiger partial charge is 0.263 e. The van der Waals surface area contributed by atoms with Gasteiger partial charge >= 0.3 is 0 Å². The first-order valence-corrected chi connectivity index (χ1v) is 8.68. The Kier molecular flexibility index (Phi) is 3.80. The standard InChI is InChI=1S/C19H17ClN4O2/c1-10-5-4-6-15(12(10)3)24-17-16(21-22-24)18(25)23(19(17)26)13-8-7-11(2)14(20)9-13/h4-9,16-17H,1-3H3/t16-,17-/m1/s1. The van der Waals surface area contributed by atoms with Crippen LogP contribution >= 0.6 is 11.6 Å². The van der Waals surface area contributed by atoms with Crippen molar-refractivity contribution in [3.63, 3.8) is 0 Å². The second-order valence-corrected chi connectivity index (χ2v) is 7.01. The maximum absolute atomic E-state index is 13.1. The van der Waals surface area contributed by atoms with E-state index in [0.717, 1.165) is 27.3 Å². The van der Waals surface area contributed by atoms with Crippen LogP contribution < -0.4 is 9.91 Å². The Bertz CT molecular complexity index is 972. The van der Waals surface area contributed by atoms with E-state index in [-0.39, 0.29) is 11.8 Å². The van der Waals surface area contributed by atoms with Gasteiger partial charge in [-0.05, 0) is 55.7 Å². The van der Waals surface area contributed by atoms with E-state index in [9.17, 15) is 9.59 Å². The summed E-state index contributed by atoms with van der Waals surface area (Å²) >= 11 is 6.17. The van der Waals surface area contributed by atoms with E-state index < -0.39 is 12.1 Å². The third-order valence-electron chi connectivity index (χ3n) is 5.02. The van der Waals surface area contributed by atoms with Gasteiger partial charge in [0.2, 0.25) is 0 Å². The van der Waals surface area contributed by atoms with Gasteiger partial charge in [-0.2, -0.15) is 5.11 Å². The summed E-state index contributed by atoms with van der Waals surface area (Å²) < 4.78 is 0. The Morgan fingerprint density at radius 1 is 1.00 bits per heavy atom. The highest BCUT2D eigenvalue weighted by atomic mass is 35.5. The van der Waals surface area contributed by atoms with Crippen LogP contribution in [0.4, 0.5) is 11.4 Å². The largest absolute Gasteiger partial charge is 0.271 e. The minimum Gasteiger partial charge on any atom is -0.271 e. The summed E-state index contributed by atoms with van der Waals surface area (Å²) in [6, 6.07) is 9.32. The fourth-order valence-electron chi connectivity index (χ4n) is 3.32. The number of hydrogen-bond acceptors (Lipinski definition) is 5. The number of aryl methyl sites for hydroxylation is 2. The molecule has 1 fully saturated rings. The molecule has 0 unspecified atom stereocenters. The van der Waals surface area contributed by atoms with Gasteiger partial charge in [-0.1, -0.05) is 35.0 Å². The molecule has 0 aliphatic carbocycles. The van der Waals surface area contributed by atoms with Gasteiger partial charge in [-0.3, -0.25) is 9.59 Å². The molecule has 2 aromatic rings. The molecular weight excluding hydrogens is 352 g/mol. The molecular formula is C19H17ClN4O2. The van der Waals surface area contributed by atoms with E-state index in [1.807, 2.05) is 39.0 Å². The average molecular weight is 369 g/mol. The Labute approximate surface area is 156 Å². The third-order valence-corrected chi connectivity index (χ3v) is 5.43. The Hall–Kier alpha value is -2.73. The predicted octanol–water partition coefficient (Wildman–Crippen LogP) is 3.76. The van der Waals surface area contributed by atoms with Crippen LogP contribution in [0.5, 0.6) is 0 Å². The molecule has 0 bridgehead atoms. The lowest BCUT2D eigenvalue weighted by Crippen LogP contribution is -2.40. The van der Waals surface area contributed by atoms with Crippen LogP contribution in [0.25, 0.3) is 0 Å². The lowest BCUT2D eigenvalue weighted by atomic mass is 10.1. The van der Waals surface area contributed by atoms with E-state index in [2.05, 4.69) is 10.3 Å². The van der Waals surface area contributed by atoms with E-state index >= 15 is 0 Å². The van der Waals surface area contributed by atoms with Gasteiger partial charge in [0.1, 0.15) is 0 Å². The first-order chi connectivity index (χ1) is 12.4. The molecule has 4 rings (SSSR count). The summed E-state index contributed by atoms with van der Waals surface area (Å²) in [6.45, 7) is 5.82. The molecule has 2 heterocycles. The molecule has 6 nitrogen and oxygen atoms in total. The maximum atomic E-state index is 13.1. The molecule has 26 heavy (non-hydrogen) atoms. The number of benzene rings is 2. The molecule has 2 atom stereocenters. The zero-order valence-electron chi connectivity index (χ0n) is 14.6. The molecule has 132 valence electrons. The molecule has 2 aliphatic heterocycles. The van der Waals surface area contributed by atoms with Crippen molar-refractivity contribution in [2.24, 2.45) is 10.3 Å². The molecule has 0 N–H and O–H groups in total. The monoisotopic (exact) mass is 368 g/mol. The van der Waals surface area contributed by atoms with E-state index in [1.165, 1.54) is 0 Å². The minimum atomic E-state index is -0.831. The predicted molar refractivity (Wildman–Crippen MR) is 99.5 cm³/mol. The van der Waals surface area contributed by atoms with Gasteiger partial charge in [0.05, 0.1) is 11.4 Å². The van der Waals surface area contributed by atoms with Crippen molar-refractivity contribution in [2.75, 3.05) is 9.91 Å². The number of carbonyl (C=O) groups excluding carboxylic acids is 2. The highest BCUT2D eigenvalue weighted by Crippen LogP contribution is 2.37. The number of amides is 2. The van der Waals surface area contributed by atoms with E-state index in [0.29, 0.717) is 10.7 Å². The number of anilines is 2. The number of hydrogen-bond donors (Lipinski definition) is 0. The van der Waals surface area contributed by atoms with Gasteiger partial charge in [-0.15, -0.1) is 0 Å². The van der Waals surface area contributed by atoms with Crippen LogP contribution in [0.1, 0.15) is 16.7 Å². The highest BCUT2D eigenvalue weighted by molar-refractivity contribution is 6.32. The zero-order valence-corrected chi connectivity index (χ0v) is 15.4. The normalized spacial score (nSPS) is 21.7. The number of halogens is 1. The van der Waals surface area contributed by atoms with Crippen molar-refractivity contribution in [1.29, 1.82) is 0 Å². The topological polar surface area (TPSA) is 65.3 Å². The van der Waals surface area contributed by atoms with Gasteiger partial charge in [0.15, 0.2) is 12.1 Å². The summed E-state index contributed by atoms with van der Waals surface area (Å²) in [5.74, 6) is -0.720. The van der Waals surface area contributed by atoms with Gasteiger partial charge < -0.3 is 0 Å². The molecule has 0 radical (unpaired) electrons. The average Bonchev–Trinajstić information content (AvgIpc) is 3.14. The second-order valence-electron chi connectivity index (χ2n) is 6.60. The van der Waals surface area contributed by atoms with Crippen LogP contribution in [0.15, 0.2) is 46.7 Å².